The van der Waals surface area contributed by atoms with Gasteiger partial charge in [-0.3, -0.25) is 0 Å². The Balaban J connectivity index is 1.89. The molecule has 2 atom stereocenters. The average Bonchev–Trinajstić information content (AvgIpc) is 3.21. The van der Waals surface area contributed by atoms with E-state index in [9.17, 15) is 0 Å². The van der Waals surface area contributed by atoms with Crippen molar-refractivity contribution in [1.29, 1.82) is 0 Å². The summed E-state index contributed by atoms with van der Waals surface area (Å²) >= 11 is 0. The van der Waals surface area contributed by atoms with Crippen LogP contribution in [0.5, 0.6) is 0 Å². The molecule has 2 heterocycles. The molecule has 110 valence electrons. The van der Waals surface area contributed by atoms with Crippen LogP contribution in [0.3, 0.4) is 0 Å². The van der Waals surface area contributed by atoms with Crippen LogP contribution in [0.4, 0.5) is 0 Å². The summed E-state index contributed by atoms with van der Waals surface area (Å²) in [6, 6.07) is 18.7. The first-order valence-corrected chi connectivity index (χ1v) is 10.0. The van der Waals surface area contributed by atoms with E-state index in [1.165, 1.54) is 32.1 Å². The molecule has 4 rings (SSSR count). The van der Waals surface area contributed by atoms with Crippen molar-refractivity contribution < 1.29 is 0 Å². The smallest absolute Gasteiger partial charge is 0.0172 e. The molecule has 2 unspecified atom stereocenters. The molecule has 0 spiro atoms. The van der Waals surface area contributed by atoms with E-state index in [0.29, 0.717) is 0 Å². The Morgan fingerprint density at radius 3 is 1.73 bits per heavy atom. The van der Waals surface area contributed by atoms with Crippen molar-refractivity contribution >= 4 is 37.4 Å². The fourth-order valence-corrected chi connectivity index (χ4v) is 5.26. The minimum Gasteiger partial charge on any atom is -0.132 e. The summed E-state index contributed by atoms with van der Waals surface area (Å²) < 4.78 is 0. The van der Waals surface area contributed by atoms with Gasteiger partial charge in [0.15, 0.2) is 0 Å². The standard InChI is InChI=1S/C20H20P2/c1-3-20(2,16-4-6-18-14(12-16)8-10-21-18)17-5-7-19-15(13-17)9-11-22-19/h4-13,21-22H,3H2,1-2H3. The highest BCUT2D eigenvalue weighted by molar-refractivity contribution is 7.36. The van der Waals surface area contributed by atoms with Crippen molar-refractivity contribution in [3.05, 3.63) is 71.3 Å². The minimum absolute atomic E-state index is 0.0865. The minimum atomic E-state index is 0.0865. The lowest BCUT2D eigenvalue weighted by Gasteiger charge is -2.30. The molecule has 0 saturated heterocycles. The van der Waals surface area contributed by atoms with Crippen LogP contribution in [-0.4, -0.2) is 0 Å². The first-order chi connectivity index (χ1) is 10.7. The number of hydrogen-bond acceptors (Lipinski definition) is 0. The van der Waals surface area contributed by atoms with Gasteiger partial charge in [0.25, 0.3) is 0 Å². The summed E-state index contributed by atoms with van der Waals surface area (Å²) in [4.78, 5) is 0. The third kappa shape index (κ3) is 2.14. The van der Waals surface area contributed by atoms with Crippen LogP contribution in [0.1, 0.15) is 31.4 Å². The maximum Gasteiger partial charge on any atom is 0.0172 e. The Bertz CT molecular complexity index is 868. The van der Waals surface area contributed by atoms with E-state index >= 15 is 0 Å². The monoisotopic (exact) mass is 322 g/mol. The molecule has 0 saturated carbocycles. The fourth-order valence-electron chi connectivity index (χ4n) is 3.37. The van der Waals surface area contributed by atoms with Crippen molar-refractivity contribution in [3.8, 4) is 0 Å². The van der Waals surface area contributed by atoms with Crippen molar-refractivity contribution in [2.24, 2.45) is 0 Å². The van der Waals surface area contributed by atoms with E-state index in [2.05, 4.69) is 74.0 Å². The zero-order chi connectivity index (χ0) is 15.2. The molecule has 0 amide bonds. The SMILES string of the molecule is CCC(C)(c1ccc2[pH]ccc2c1)c1ccc2[pH]ccc2c1. The van der Waals surface area contributed by atoms with Crippen LogP contribution >= 0.6 is 16.4 Å². The predicted molar refractivity (Wildman–Crippen MR) is 104 cm³/mol. The Labute approximate surface area is 134 Å². The van der Waals surface area contributed by atoms with Gasteiger partial charge in [0.2, 0.25) is 0 Å². The van der Waals surface area contributed by atoms with Gasteiger partial charge < -0.3 is 0 Å². The number of benzene rings is 2. The molecule has 0 radical (unpaired) electrons. The fraction of sp³-hybridized carbons (Fsp3) is 0.200. The number of fused-ring (bicyclic) bond motifs is 2. The van der Waals surface area contributed by atoms with Crippen molar-refractivity contribution in [2.45, 2.75) is 25.7 Å². The zero-order valence-electron chi connectivity index (χ0n) is 13.0. The van der Waals surface area contributed by atoms with E-state index in [4.69, 9.17) is 0 Å². The normalized spacial score (nSPS) is 15.2. The molecule has 22 heavy (non-hydrogen) atoms. The summed E-state index contributed by atoms with van der Waals surface area (Å²) in [7, 11) is 1.68. The van der Waals surface area contributed by atoms with Gasteiger partial charge in [-0.2, -0.15) is 0 Å². The number of rotatable bonds is 3. The first kappa shape index (κ1) is 14.1. The average molecular weight is 322 g/mol. The Morgan fingerprint density at radius 1 is 0.773 bits per heavy atom. The van der Waals surface area contributed by atoms with Gasteiger partial charge in [0, 0.05) is 5.41 Å². The summed E-state index contributed by atoms with van der Waals surface area (Å²) in [5.41, 5.74) is 2.97. The van der Waals surface area contributed by atoms with Gasteiger partial charge in [-0.1, -0.05) is 50.2 Å². The van der Waals surface area contributed by atoms with Crippen LogP contribution in [0.2, 0.25) is 0 Å². The van der Waals surface area contributed by atoms with Gasteiger partial charge in [-0.05, 0) is 62.3 Å². The van der Waals surface area contributed by atoms with E-state index < -0.39 is 0 Å². The van der Waals surface area contributed by atoms with E-state index in [0.717, 1.165) is 22.8 Å². The molecule has 2 aromatic carbocycles. The van der Waals surface area contributed by atoms with Crippen LogP contribution in [0, 0.1) is 0 Å². The second kappa shape index (κ2) is 5.31. The molecule has 0 nitrogen and oxygen atoms in total. The zero-order valence-corrected chi connectivity index (χ0v) is 15.0. The molecule has 0 aliphatic carbocycles. The maximum atomic E-state index is 2.40. The molecular formula is C20H20P2. The molecule has 2 aromatic heterocycles. The summed E-state index contributed by atoms with van der Waals surface area (Å²) in [5, 5.41) is 5.80. The molecule has 2 heteroatoms. The second-order valence-corrected chi connectivity index (χ2v) is 8.57. The van der Waals surface area contributed by atoms with Crippen LogP contribution in [0.15, 0.2) is 60.1 Å². The Hall–Kier alpha value is -1.48. The Morgan fingerprint density at radius 2 is 1.27 bits per heavy atom. The number of hydrogen-bond donors (Lipinski definition) is 0. The maximum absolute atomic E-state index is 2.40. The van der Waals surface area contributed by atoms with E-state index in [1.54, 1.807) is 0 Å². The van der Waals surface area contributed by atoms with Crippen molar-refractivity contribution in [1.82, 2.24) is 0 Å². The van der Waals surface area contributed by atoms with Crippen LogP contribution < -0.4 is 0 Å². The lowest BCUT2D eigenvalue weighted by molar-refractivity contribution is 0.551. The van der Waals surface area contributed by atoms with E-state index in [-0.39, 0.29) is 5.41 Å². The molecule has 0 aliphatic heterocycles. The predicted octanol–water partition coefficient (Wildman–Crippen LogP) is 6.77. The molecule has 0 N–H and O–H groups in total. The topological polar surface area (TPSA) is 0 Å². The van der Waals surface area contributed by atoms with Crippen LogP contribution in [-0.2, 0) is 5.41 Å². The van der Waals surface area contributed by atoms with Gasteiger partial charge >= 0.3 is 0 Å². The molecule has 0 aliphatic rings. The molecule has 4 aromatic rings. The molecule has 0 bridgehead atoms. The van der Waals surface area contributed by atoms with Gasteiger partial charge in [0.1, 0.15) is 0 Å². The third-order valence-electron chi connectivity index (χ3n) is 5.09. The van der Waals surface area contributed by atoms with Gasteiger partial charge in [-0.25, -0.2) is 0 Å². The first-order valence-electron chi connectivity index (χ1n) is 7.86. The highest BCUT2D eigenvalue weighted by atomic mass is 31.0. The second-order valence-electron chi connectivity index (χ2n) is 6.25. The molecular weight excluding hydrogens is 302 g/mol. The van der Waals surface area contributed by atoms with Gasteiger partial charge in [-0.15, -0.1) is 16.4 Å². The van der Waals surface area contributed by atoms with E-state index in [1.807, 2.05) is 0 Å². The summed E-state index contributed by atoms with van der Waals surface area (Å²) in [6.07, 6.45) is 1.11. The lowest BCUT2D eigenvalue weighted by Crippen LogP contribution is -2.22. The largest absolute Gasteiger partial charge is 0.132 e. The summed E-state index contributed by atoms with van der Waals surface area (Å²) in [5.74, 6) is 4.58. The highest BCUT2D eigenvalue weighted by Gasteiger charge is 2.27. The van der Waals surface area contributed by atoms with Crippen molar-refractivity contribution in [2.75, 3.05) is 0 Å². The van der Waals surface area contributed by atoms with Gasteiger partial charge in [0.05, 0.1) is 0 Å². The Kier molecular flexibility index (Phi) is 3.41. The quantitative estimate of drug-likeness (QED) is 0.390. The third-order valence-corrected chi connectivity index (χ3v) is 7.29. The summed E-state index contributed by atoms with van der Waals surface area (Å²) in [6.45, 7) is 4.69. The lowest BCUT2D eigenvalue weighted by atomic mass is 9.74. The molecule has 0 fully saturated rings. The highest BCUT2D eigenvalue weighted by Crippen LogP contribution is 2.39. The van der Waals surface area contributed by atoms with Crippen molar-refractivity contribution in [3.63, 3.8) is 0 Å². The van der Waals surface area contributed by atoms with Crippen LogP contribution in [0.25, 0.3) is 21.0 Å².